The van der Waals surface area contributed by atoms with Gasteiger partial charge in [0, 0.05) is 20.1 Å². The summed E-state index contributed by atoms with van der Waals surface area (Å²) in [7, 11) is 1.84. The van der Waals surface area contributed by atoms with Crippen molar-refractivity contribution in [1.82, 2.24) is 15.5 Å². The van der Waals surface area contributed by atoms with Crippen molar-refractivity contribution in [3.05, 3.63) is 35.4 Å². The van der Waals surface area contributed by atoms with Gasteiger partial charge in [0.2, 0.25) is 0 Å². The fourth-order valence-electron chi connectivity index (χ4n) is 4.66. The largest absolute Gasteiger partial charge is 0.373 e. The van der Waals surface area contributed by atoms with Crippen LogP contribution in [0.1, 0.15) is 50.2 Å². The molecule has 27 heavy (non-hydrogen) atoms. The van der Waals surface area contributed by atoms with Gasteiger partial charge in [0.1, 0.15) is 0 Å². The first-order valence-corrected chi connectivity index (χ1v) is 10.6. The molecule has 2 N–H and O–H groups in total. The molecule has 3 fully saturated rings. The Morgan fingerprint density at radius 2 is 2.00 bits per heavy atom. The van der Waals surface area contributed by atoms with Crippen LogP contribution in [-0.2, 0) is 17.8 Å². The highest BCUT2D eigenvalue weighted by Gasteiger charge is 2.41. The molecule has 5 nitrogen and oxygen atoms in total. The van der Waals surface area contributed by atoms with Gasteiger partial charge in [0.15, 0.2) is 5.96 Å². The summed E-state index contributed by atoms with van der Waals surface area (Å²) in [6, 6.07) is 9.37. The summed E-state index contributed by atoms with van der Waals surface area (Å²) in [5, 5.41) is 7.04. The molecule has 148 valence electrons. The highest BCUT2D eigenvalue weighted by atomic mass is 16.5. The number of fused-ring (bicyclic) bond motifs is 2. The molecule has 0 aliphatic carbocycles. The quantitative estimate of drug-likeness (QED) is 0.618. The van der Waals surface area contributed by atoms with Gasteiger partial charge in [-0.25, -0.2) is 0 Å². The Morgan fingerprint density at radius 1 is 1.19 bits per heavy atom. The molecule has 0 spiro atoms. The maximum absolute atomic E-state index is 5.94. The Balaban J connectivity index is 1.27. The summed E-state index contributed by atoms with van der Waals surface area (Å²) < 4.78 is 5.94. The van der Waals surface area contributed by atoms with E-state index in [1.807, 2.05) is 7.05 Å². The maximum atomic E-state index is 5.94. The second kappa shape index (κ2) is 8.61. The SMILES string of the molecule is CN=C(NCc1cccc(CN2CCC(C)CC2)c1)NC1CC2CCC1O2. The number of rotatable bonds is 5. The lowest BCUT2D eigenvalue weighted by atomic mass is 9.96. The number of guanidine groups is 1. The second-order valence-corrected chi connectivity index (χ2v) is 8.56. The molecule has 3 aliphatic heterocycles. The first kappa shape index (κ1) is 18.8. The predicted octanol–water partition coefficient (Wildman–Crippen LogP) is 2.90. The maximum Gasteiger partial charge on any atom is 0.191 e. The Kier molecular flexibility index (Phi) is 5.98. The van der Waals surface area contributed by atoms with E-state index >= 15 is 0 Å². The van der Waals surface area contributed by atoms with Gasteiger partial charge < -0.3 is 15.4 Å². The van der Waals surface area contributed by atoms with Gasteiger partial charge in [0.25, 0.3) is 0 Å². The topological polar surface area (TPSA) is 48.9 Å². The van der Waals surface area contributed by atoms with Crippen LogP contribution in [0.2, 0.25) is 0 Å². The predicted molar refractivity (Wildman–Crippen MR) is 110 cm³/mol. The molecular weight excluding hydrogens is 336 g/mol. The number of nitrogens with zero attached hydrogens (tertiary/aromatic N) is 2. The van der Waals surface area contributed by atoms with Crippen LogP contribution in [0.5, 0.6) is 0 Å². The van der Waals surface area contributed by atoms with Crippen molar-refractivity contribution >= 4 is 5.96 Å². The van der Waals surface area contributed by atoms with Crippen LogP contribution >= 0.6 is 0 Å². The van der Waals surface area contributed by atoms with E-state index in [-0.39, 0.29) is 0 Å². The smallest absolute Gasteiger partial charge is 0.191 e. The Morgan fingerprint density at radius 3 is 2.70 bits per heavy atom. The number of nitrogens with one attached hydrogen (secondary N) is 2. The molecule has 0 radical (unpaired) electrons. The van der Waals surface area contributed by atoms with E-state index in [0.717, 1.165) is 31.4 Å². The normalized spacial score (nSPS) is 29.3. The number of hydrogen-bond acceptors (Lipinski definition) is 3. The van der Waals surface area contributed by atoms with Crippen molar-refractivity contribution in [2.24, 2.45) is 10.9 Å². The number of aliphatic imine (C=N–C) groups is 1. The van der Waals surface area contributed by atoms with Crippen molar-refractivity contribution in [1.29, 1.82) is 0 Å². The molecular formula is C22H34N4O. The first-order chi connectivity index (χ1) is 13.2. The summed E-state index contributed by atoms with van der Waals surface area (Å²) in [4.78, 5) is 6.99. The van der Waals surface area contributed by atoms with E-state index in [9.17, 15) is 0 Å². The Labute approximate surface area is 163 Å². The van der Waals surface area contributed by atoms with E-state index in [4.69, 9.17) is 4.74 Å². The second-order valence-electron chi connectivity index (χ2n) is 8.56. The summed E-state index contributed by atoms with van der Waals surface area (Å²) >= 11 is 0. The highest BCUT2D eigenvalue weighted by Crippen LogP contribution is 2.34. The minimum absolute atomic E-state index is 0.365. The fraction of sp³-hybridized carbons (Fsp3) is 0.682. The minimum atomic E-state index is 0.365. The summed E-state index contributed by atoms with van der Waals surface area (Å²) in [5.74, 6) is 1.77. The monoisotopic (exact) mass is 370 g/mol. The molecule has 3 heterocycles. The third-order valence-electron chi connectivity index (χ3n) is 6.39. The van der Waals surface area contributed by atoms with Crippen LogP contribution in [-0.4, -0.2) is 49.2 Å². The molecule has 1 aromatic rings. The van der Waals surface area contributed by atoms with Gasteiger partial charge in [-0.15, -0.1) is 0 Å². The fourth-order valence-corrected chi connectivity index (χ4v) is 4.66. The zero-order chi connectivity index (χ0) is 18.6. The van der Waals surface area contributed by atoms with Crippen LogP contribution in [0.15, 0.2) is 29.3 Å². The Bertz CT molecular complexity index is 653. The molecule has 1 aromatic carbocycles. The number of benzene rings is 1. The van der Waals surface area contributed by atoms with Crippen molar-refractivity contribution < 1.29 is 4.74 Å². The van der Waals surface area contributed by atoms with Crippen molar-refractivity contribution in [2.75, 3.05) is 20.1 Å². The van der Waals surface area contributed by atoms with Gasteiger partial charge in [-0.2, -0.15) is 0 Å². The van der Waals surface area contributed by atoms with Crippen molar-refractivity contribution in [2.45, 2.75) is 70.4 Å². The zero-order valence-corrected chi connectivity index (χ0v) is 16.8. The van der Waals surface area contributed by atoms with E-state index < -0.39 is 0 Å². The number of likely N-dealkylation sites (tertiary alicyclic amines) is 1. The summed E-state index contributed by atoms with van der Waals surface area (Å²) in [6.07, 6.45) is 6.99. The zero-order valence-electron chi connectivity index (χ0n) is 16.8. The summed E-state index contributed by atoms with van der Waals surface area (Å²) in [5.41, 5.74) is 2.72. The third kappa shape index (κ3) is 4.82. The molecule has 0 aromatic heterocycles. The molecule has 3 atom stereocenters. The Hall–Kier alpha value is -1.59. The van der Waals surface area contributed by atoms with Crippen LogP contribution < -0.4 is 10.6 Å². The number of ether oxygens (including phenoxy) is 1. The van der Waals surface area contributed by atoms with Gasteiger partial charge in [-0.3, -0.25) is 9.89 Å². The van der Waals surface area contributed by atoms with Crippen LogP contribution in [0.4, 0.5) is 0 Å². The molecule has 3 unspecified atom stereocenters. The molecule has 2 bridgehead atoms. The lowest BCUT2D eigenvalue weighted by molar-refractivity contribution is 0.0992. The molecule has 5 heteroatoms. The lowest BCUT2D eigenvalue weighted by Crippen LogP contribution is -2.47. The molecule has 0 amide bonds. The molecule has 0 saturated carbocycles. The van der Waals surface area contributed by atoms with Crippen LogP contribution in [0.3, 0.4) is 0 Å². The third-order valence-corrected chi connectivity index (χ3v) is 6.39. The molecule has 3 aliphatic rings. The highest BCUT2D eigenvalue weighted by molar-refractivity contribution is 5.80. The van der Waals surface area contributed by atoms with Crippen LogP contribution in [0.25, 0.3) is 0 Å². The average Bonchev–Trinajstić information content (AvgIpc) is 3.30. The van der Waals surface area contributed by atoms with E-state index in [2.05, 4.69) is 51.7 Å². The number of hydrogen-bond donors (Lipinski definition) is 2. The number of piperidine rings is 1. The van der Waals surface area contributed by atoms with Crippen molar-refractivity contribution in [3.63, 3.8) is 0 Å². The van der Waals surface area contributed by atoms with Crippen molar-refractivity contribution in [3.8, 4) is 0 Å². The lowest BCUT2D eigenvalue weighted by Gasteiger charge is -2.30. The van der Waals surface area contributed by atoms with Gasteiger partial charge in [-0.05, 0) is 62.2 Å². The van der Waals surface area contributed by atoms with E-state index in [1.165, 1.54) is 49.9 Å². The first-order valence-electron chi connectivity index (χ1n) is 10.6. The summed E-state index contributed by atoms with van der Waals surface area (Å²) in [6.45, 7) is 6.69. The minimum Gasteiger partial charge on any atom is -0.373 e. The van der Waals surface area contributed by atoms with Crippen LogP contribution in [0, 0.1) is 5.92 Å². The van der Waals surface area contributed by atoms with Gasteiger partial charge in [0.05, 0.1) is 18.2 Å². The standard InChI is InChI=1S/C22H34N4O/c1-16-8-10-26(11-9-16)15-18-5-3-4-17(12-18)14-24-22(23-2)25-20-13-19-6-7-21(20)27-19/h3-5,12,16,19-21H,6-11,13-15H2,1-2H3,(H2,23,24,25). The molecule has 4 rings (SSSR count). The van der Waals surface area contributed by atoms with E-state index in [0.29, 0.717) is 18.2 Å². The molecule has 3 saturated heterocycles. The van der Waals surface area contributed by atoms with E-state index in [1.54, 1.807) is 0 Å². The average molecular weight is 371 g/mol. The van der Waals surface area contributed by atoms with Gasteiger partial charge in [-0.1, -0.05) is 31.2 Å². The van der Waals surface area contributed by atoms with Gasteiger partial charge >= 0.3 is 0 Å².